The second kappa shape index (κ2) is 6.06. The molecule has 104 valence electrons. The third-order valence-corrected chi connectivity index (χ3v) is 4.27. The van der Waals surface area contributed by atoms with Crippen molar-refractivity contribution in [2.24, 2.45) is 0 Å². The van der Waals surface area contributed by atoms with Crippen LogP contribution in [0.1, 0.15) is 27.1 Å². The molecule has 7 heteroatoms. The van der Waals surface area contributed by atoms with Crippen molar-refractivity contribution in [1.29, 1.82) is 0 Å². The smallest absolute Gasteiger partial charge is 0.356 e. The van der Waals surface area contributed by atoms with Gasteiger partial charge in [-0.1, -0.05) is 17.4 Å². The molecular weight excluding hydrogens is 296 g/mol. The number of carbonyl (C=O) groups is 2. The van der Waals surface area contributed by atoms with Gasteiger partial charge in [-0.15, -0.1) is 11.8 Å². The highest BCUT2D eigenvalue weighted by molar-refractivity contribution is 7.98. The van der Waals surface area contributed by atoms with Crippen molar-refractivity contribution in [3.8, 4) is 0 Å². The number of benzene rings is 1. The Kier molecular flexibility index (Phi) is 4.41. The summed E-state index contributed by atoms with van der Waals surface area (Å²) in [5.41, 5.74) is 0.601. The summed E-state index contributed by atoms with van der Waals surface area (Å²) < 4.78 is 0. The van der Waals surface area contributed by atoms with Gasteiger partial charge in [-0.05, 0) is 24.5 Å². The zero-order valence-corrected chi connectivity index (χ0v) is 12.5. The maximum atomic E-state index is 11.4. The molecule has 5 nitrogen and oxygen atoms in total. The lowest BCUT2D eigenvalue weighted by atomic mass is 10.3. The van der Waals surface area contributed by atoms with E-state index in [1.165, 1.54) is 6.92 Å². The highest BCUT2D eigenvalue weighted by atomic mass is 32.2. The fraction of sp³-hybridized carbons (Fsp3) is 0.154. The van der Waals surface area contributed by atoms with Crippen LogP contribution in [-0.4, -0.2) is 28.1 Å². The fourth-order valence-corrected chi connectivity index (χ4v) is 2.91. The lowest BCUT2D eigenvalue weighted by Crippen LogP contribution is -2.03. The number of nitrogens with zero attached hydrogens (tertiary/aromatic N) is 1. The van der Waals surface area contributed by atoms with E-state index in [-0.39, 0.29) is 16.4 Å². The van der Waals surface area contributed by atoms with Crippen molar-refractivity contribution < 1.29 is 14.7 Å². The minimum atomic E-state index is -1.20. The van der Waals surface area contributed by atoms with Crippen LogP contribution in [0.2, 0.25) is 0 Å². The molecule has 1 heterocycles. The quantitative estimate of drug-likeness (QED) is 0.650. The molecule has 0 aliphatic carbocycles. The van der Waals surface area contributed by atoms with Crippen LogP contribution < -0.4 is 5.32 Å². The van der Waals surface area contributed by atoms with E-state index in [9.17, 15) is 9.59 Å². The van der Waals surface area contributed by atoms with E-state index in [1.807, 2.05) is 30.5 Å². The molecule has 2 N–H and O–H groups in total. The number of aromatic nitrogens is 1. The molecule has 0 spiro atoms. The fourth-order valence-electron chi connectivity index (χ4n) is 1.58. The molecule has 0 bridgehead atoms. The van der Waals surface area contributed by atoms with Crippen LogP contribution in [-0.2, 0) is 0 Å². The first-order valence-corrected chi connectivity index (χ1v) is 7.71. The number of nitrogens with one attached hydrogen (secondary N) is 1. The molecule has 1 aromatic carbocycles. The van der Waals surface area contributed by atoms with Gasteiger partial charge in [0.2, 0.25) is 0 Å². The molecule has 1 aromatic heterocycles. The number of thiazole rings is 1. The number of anilines is 2. The van der Waals surface area contributed by atoms with Crippen LogP contribution in [0.3, 0.4) is 0 Å². The monoisotopic (exact) mass is 308 g/mol. The summed E-state index contributed by atoms with van der Waals surface area (Å²) in [7, 11) is 0. The van der Waals surface area contributed by atoms with Crippen LogP contribution in [0.15, 0.2) is 29.2 Å². The molecule has 0 aliphatic rings. The molecule has 2 rings (SSSR count). The molecular formula is C13H12N2O3S2. The van der Waals surface area contributed by atoms with Gasteiger partial charge < -0.3 is 10.4 Å². The Bertz CT molecular complexity index is 636. The second-order valence-electron chi connectivity index (χ2n) is 3.92. The van der Waals surface area contributed by atoms with Crippen LogP contribution >= 0.6 is 23.1 Å². The van der Waals surface area contributed by atoms with Crippen LogP contribution in [0.5, 0.6) is 0 Å². The number of carboxylic acids is 1. The van der Waals surface area contributed by atoms with Gasteiger partial charge in [0, 0.05) is 17.5 Å². The minimum Gasteiger partial charge on any atom is -0.476 e. The summed E-state index contributed by atoms with van der Waals surface area (Å²) in [6.07, 6.45) is 1.97. The first-order valence-electron chi connectivity index (χ1n) is 5.67. The van der Waals surface area contributed by atoms with Crippen molar-refractivity contribution >= 4 is 45.7 Å². The van der Waals surface area contributed by atoms with Gasteiger partial charge in [0.1, 0.15) is 4.88 Å². The van der Waals surface area contributed by atoms with Crippen molar-refractivity contribution in [3.63, 3.8) is 0 Å². The molecule has 2 aromatic rings. The Hall–Kier alpha value is -1.86. The van der Waals surface area contributed by atoms with Crippen molar-refractivity contribution in [3.05, 3.63) is 34.8 Å². The Labute approximate surface area is 124 Å². The van der Waals surface area contributed by atoms with E-state index >= 15 is 0 Å². The Morgan fingerprint density at radius 3 is 2.70 bits per heavy atom. The van der Waals surface area contributed by atoms with E-state index in [0.717, 1.165) is 21.9 Å². The van der Waals surface area contributed by atoms with Gasteiger partial charge in [0.05, 0.1) is 0 Å². The van der Waals surface area contributed by atoms with E-state index in [0.29, 0.717) is 5.13 Å². The number of hydrogen-bond donors (Lipinski definition) is 2. The van der Waals surface area contributed by atoms with Crippen molar-refractivity contribution in [2.45, 2.75) is 11.8 Å². The summed E-state index contributed by atoms with van der Waals surface area (Å²) >= 11 is 2.65. The third kappa shape index (κ3) is 3.17. The first kappa shape index (κ1) is 14.5. The SMILES string of the molecule is CSc1cccc(Nc2nc(C(=O)O)c(C(C)=O)s2)c1. The summed E-state index contributed by atoms with van der Waals surface area (Å²) in [4.78, 5) is 27.7. The largest absolute Gasteiger partial charge is 0.476 e. The third-order valence-electron chi connectivity index (χ3n) is 2.47. The van der Waals surface area contributed by atoms with Crippen LogP contribution in [0, 0.1) is 0 Å². The highest BCUT2D eigenvalue weighted by Gasteiger charge is 2.20. The van der Waals surface area contributed by atoms with Crippen molar-refractivity contribution in [2.75, 3.05) is 11.6 Å². The van der Waals surface area contributed by atoms with Gasteiger partial charge in [-0.2, -0.15) is 0 Å². The number of aromatic carboxylic acids is 1. The number of Topliss-reactive ketones (excluding diaryl/α,β-unsaturated/α-hetero) is 1. The van der Waals surface area contributed by atoms with E-state index in [1.54, 1.807) is 11.8 Å². The minimum absolute atomic E-state index is 0.154. The maximum Gasteiger partial charge on any atom is 0.356 e. The van der Waals surface area contributed by atoms with E-state index in [2.05, 4.69) is 10.3 Å². The molecule has 0 aliphatic heterocycles. The predicted octanol–water partition coefficient (Wildman–Crippen LogP) is 3.51. The average Bonchev–Trinajstić information content (AvgIpc) is 2.83. The molecule has 0 saturated carbocycles. The van der Waals surface area contributed by atoms with E-state index in [4.69, 9.17) is 5.11 Å². The summed E-state index contributed by atoms with van der Waals surface area (Å²) in [5.74, 6) is -1.50. The Balaban J connectivity index is 2.31. The molecule has 0 amide bonds. The Morgan fingerprint density at radius 1 is 1.40 bits per heavy atom. The molecule has 0 saturated heterocycles. The molecule has 0 atom stereocenters. The van der Waals surface area contributed by atoms with Crippen LogP contribution in [0.25, 0.3) is 0 Å². The number of hydrogen-bond acceptors (Lipinski definition) is 6. The van der Waals surface area contributed by atoms with Gasteiger partial charge in [-0.3, -0.25) is 4.79 Å². The lowest BCUT2D eigenvalue weighted by molar-refractivity contribution is 0.0687. The topological polar surface area (TPSA) is 79.3 Å². The number of carboxylic acid groups (broad SMARTS) is 1. The van der Waals surface area contributed by atoms with E-state index < -0.39 is 5.97 Å². The molecule has 20 heavy (non-hydrogen) atoms. The average molecular weight is 308 g/mol. The van der Waals surface area contributed by atoms with Gasteiger partial charge in [0.25, 0.3) is 0 Å². The van der Waals surface area contributed by atoms with Crippen molar-refractivity contribution in [1.82, 2.24) is 4.98 Å². The standard InChI is InChI=1S/C13H12N2O3S2/c1-7(16)11-10(12(17)18)15-13(20-11)14-8-4-3-5-9(6-8)19-2/h3-6H,1-2H3,(H,14,15)(H,17,18). The summed E-state index contributed by atoms with van der Waals surface area (Å²) in [6.45, 7) is 1.33. The number of ketones is 1. The van der Waals surface area contributed by atoms with Gasteiger partial charge in [0.15, 0.2) is 16.6 Å². The zero-order valence-electron chi connectivity index (χ0n) is 10.8. The second-order valence-corrected chi connectivity index (χ2v) is 5.79. The number of thioether (sulfide) groups is 1. The molecule has 0 unspecified atom stereocenters. The number of carbonyl (C=O) groups excluding carboxylic acids is 1. The zero-order chi connectivity index (χ0) is 14.7. The van der Waals surface area contributed by atoms with Gasteiger partial charge >= 0.3 is 5.97 Å². The molecule has 0 fully saturated rings. The first-order chi connectivity index (χ1) is 9.51. The summed E-state index contributed by atoms with van der Waals surface area (Å²) in [5, 5.41) is 12.5. The molecule has 0 radical (unpaired) electrons. The maximum absolute atomic E-state index is 11.4. The normalized spacial score (nSPS) is 10.3. The van der Waals surface area contributed by atoms with Gasteiger partial charge in [-0.25, -0.2) is 9.78 Å². The summed E-state index contributed by atoms with van der Waals surface area (Å²) in [6, 6.07) is 7.65. The van der Waals surface area contributed by atoms with Crippen LogP contribution in [0.4, 0.5) is 10.8 Å². The number of rotatable bonds is 5. The lowest BCUT2D eigenvalue weighted by Gasteiger charge is -2.03. The predicted molar refractivity (Wildman–Crippen MR) is 80.6 cm³/mol. The Morgan fingerprint density at radius 2 is 2.15 bits per heavy atom. The highest BCUT2D eigenvalue weighted by Crippen LogP contribution is 2.28.